The molecule has 12 heteroatoms. The fourth-order valence-electron chi connectivity index (χ4n) is 3.75. The first-order valence-corrected chi connectivity index (χ1v) is 14.0. The average molecular weight is 534 g/mol. The Bertz CT molecular complexity index is 1220. The minimum Gasteiger partial charge on any atom is -0.462 e. The van der Waals surface area contributed by atoms with Gasteiger partial charge in [0.1, 0.15) is 5.00 Å². The van der Waals surface area contributed by atoms with Crippen molar-refractivity contribution in [2.75, 3.05) is 11.9 Å². The van der Waals surface area contributed by atoms with Gasteiger partial charge in [-0.05, 0) is 56.5 Å². The molecule has 9 nitrogen and oxygen atoms in total. The number of amides is 2. The number of anilines is 1. The van der Waals surface area contributed by atoms with E-state index in [4.69, 9.17) is 4.74 Å². The number of esters is 1. The number of nitrogens with zero attached hydrogens (tertiary/aromatic N) is 3. The molecule has 2 N–H and O–H groups in total. The number of carbonyl (C=O) groups is 3. The summed E-state index contributed by atoms with van der Waals surface area (Å²) < 4.78 is 7.03. The number of rotatable bonds is 9. The Labute approximate surface area is 215 Å². The molecule has 0 saturated heterocycles. The second kappa shape index (κ2) is 11.4. The van der Waals surface area contributed by atoms with Gasteiger partial charge in [-0.1, -0.05) is 17.8 Å². The number of aryl methyl sites for hydroxylation is 1. The summed E-state index contributed by atoms with van der Waals surface area (Å²) in [6, 6.07) is 3.58. The first kappa shape index (κ1) is 25.4. The Morgan fingerprint density at radius 1 is 1.26 bits per heavy atom. The lowest BCUT2D eigenvalue weighted by Crippen LogP contribution is -2.24. The van der Waals surface area contributed by atoms with Crippen LogP contribution in [0, 0.1) is 0 Å². The Hall–Kier alpha value is -2.70. The number of hydrogen-bond donors (Lipinski definition) is 2. The lowest BCUT2D eigenvalue weighted by atomic mass is 9.95. The van der Waals surface area contributed by atoms with Gasteiger partial charge in [0, 0.05) is 11.9 Å². The Kier molecular flexibility index (Phi) is 8.24. The van der Waals surface area contributed by atoms with Crippen molar-refractivity contribution < 1.29 is 19.1 Å². The molecule has 0 aromatic carbocycles. The third kappa shape index (κ3) is 5.76. The van der Waals surface area contributed by atoms with Crippen molar-refractivity contribution in [3.05, 3.63) is 44.2 Å². The third-order valence-corrected chi connectivity index (χ3v) is 8.83. The lowest BCUT2D eigenvalue weighted by molar-refractivity contribution is -0.115. The monoisotopic (exact) mass is 533 g/mol. The Morgan fingerprint density at radius 2 is 2.06 bits per heavy atom. The standard InChI is InChI=1S/C23H27N5O4S3/c1-4-32-22(31)18-14-8-5-6-9-15(14)35-21(18)25-19(29)13(2)34-23-27-26-17(28(23)3)12-24-20(30)16-10-7-11-33-16/h7,10-11,13H,4-6,8-9,12H2,1-3H3,(H,24,30)(H,25,29)/t13-/m0/s1. The summed E-state index contributed by atoms with van der Waals surface area (Å²) in [5.41, 5.74) is 1.51. The molecule has 1 atom stereocenters. The van der Waals surface area contributed by atoms with Crippen LogP contribution >= 0.6 is 34.4 Å². The van der Waals surface area contributed by atoms with Crippen LogP contribution in [0.3, 0.4) is 0 Å². The highest BCUT2D eigenvalue weighted by atomic mass is 32.2. The second-order valence-electron chi connectivity index (χ2n) is 8.00. The number of fused-ring (bicyclic) bond motifs is 1. The predicted octanol–water partition coefficient (Wildman–Crippen LogP) is 4.04. The molecule has 2 amide bonds. The van der Waals surface area contributed by atoms with Crippen LogP contribution in [-0.4, -0.2) is 44.4 Å². The highest BCUT2D eigenvalue weighted by Gasteiger charge is 2.28. The van der Waals surface area contributed by atoms with Gasteiger partial charge in [-0.25, -0.2) is 4.79 Å². The molecule has 4 rings (SSSR count). The van der Waals surface area contributed by atoms with Crippen LogP contribution in [0.25, 0.3) is 0 Å². The molecule has 1 aliphatic rings. The molecule has 3 heterocycles. The van der Waals surface area contributed by atoms with Crippen molar-refractivity contribution in [3.63, 3.8) is 0 Å². The van der Waals surface area contributed by atoms with E-state index < -0.39 is 5.25 Å². The van der Waals surface area contributed by atoms with Gasteiger partial charge in [-0.2, -0.15) is 0 Å². The van der Waals surface area contributed by atoms with E-state index in [2.05, 4.69) is 20.8 Å². The van der Waals surface area contributed by atoms with E-state index in [1.165, 1.54) is 34.4 Å². The molecule has 186 valence electrons. The molecule has 0 fully saturated rings. The fraction of sp³-hybridized carbons (Fsp3) is 0.435. The second-order valence-corrected chi connectivity index (χ2v) is 11.4. The SMILES string of the molecule is CCOC(=O)c1c(NC(=O)[C@H](C)Sc2nnc(CNC(=O)c3cccs3)n2C)sc2c1CCCC2. The maximum atomic E-state index is 13.0. The molecule has 0 bridgehead atoms. The summed E-state index contributed by atoms with van der Waals surface area (Å²) in [7, 11) is 1.80. The number of thiophene rings is 2. The number of nitrogens with one attached hydrogen (secondary N) is 2. The van der Waals surface area contributed by atoms with Crippen molar-refractivity contribution in [2.45, 2.75) is 56.5 Å². The van der Waals surface area contributed by atoms with Crippen molar-refractivity contribution in [1.29, 1.82) is 0 Å². The van der Waals surface area contributed by atoms with Crippen molar-refractivity contribution in [3.8, 4) is 0 Å². The fourth-order valence-corrected chi connectivity index (χ4v) is 6.51. The number of carbonyl (C=O) groups excluding carboxylic acids is 3. The van der Waals surface area contributed by atoms with Gasteiger partial charge in [0.25, 0.3) is 5.91 Å². The molecule has 35 heavy (non-hydrogen) atoms. The highest BCUT2D eigenvalue weighted by Crippen LogP contribution is 2.39. The van der Waals surface area contributed by atoms with Gasteiger partial charge in [0.15, 0.2) is 11.0 Å². The highest BCUT2D eigenvalue weighted by molar-refractivity contribution is 8.00. The van der Waals surface area contributed by atoms with Crippen LogP contribution < -0.4 is 10.6 Å². The molecule has 0 saturated carbocycles. The molecule has 0 radical (unpaired) electrons. The van der Waals surface area contributed by atoms with Crippen molar-refractivity contribution >= 4 is 57.2 Å². The van der Waals surface area contributed by atoms with Gasteiger partial charge in [0.2, 0.25) is 5.91 Å². The smallest absolute Gasteiger partial charge is 0.341 e. The topological polar surface area (TPSA) is 115 Å². The van der Waals surface area contributed by atoms with Gasteiger partial charge in [0.05, 0.1) is 28.8 Å². The molecule has 0 aliphatic heterocycles. The summed E-state index contributed by atoms with van der Waals surface area (Å²) in [6.45, 7) is 4.07. The van der Waals surface area contributed by atoms with E-state index in [9.17, 15) is 14.4 Å². The van der Waals surface area contributed by atoms with E-state index in [-0.39, 0.29) is 30.9 Å². The van der Waals surface area contributed by atoms with Crippen LogP contribution in [-0.2, 0) is 36.0 Å². The molecule has 3 aromatic rings. The largest absolute Gasteiger partial charge is 0.462 e. The first-order valence-electron chi connectivity index (χ1n) is 11.4. The molecule has 0 unspecified atom stereocenters. The molecule has 1 aliphatic carbocycles. The summed E-state index contributed by atoms with van der Waals surface area (Å²) in [4.78, 5) is 39.6. The van der Waals surface area contributed by atoms with Gasteiger partial charge in [-0.3, -0.25) is 9.59 Å². The van der Waals surface area contributed by atoms with E-state index in [0.717, 1.165) is 36.1 Å². The average Bonchev–Trinajstić information content (AvgIpc) is 3.57. The molecular weight excluding hydrogens is 506 g/mol. The van der Waals surface area contributed by atoms with Crippen molar-refractivity contribution in [1.82, 2.24) is 20.1 Å². The summed E-state index contributed by atoms with van der Waals surface area (Å²) in [5.74, 6) is -0.193. The number of ether oxygens (including phenoxy) is 1. The Balaban J connectivity index is 1.41. The minimum atomic E-state index is -0.486. The van der Waals surface area contributed by atoms with E-state index >= 15 is 0 Å². The van der Waals surface area contributed by atoms with Gasteiger partial charge < -0.3 is 19.9 Å². The zero-order valence-corrected chi connectivity index (χ0v) is 22.2. The van der Waals surface area contributed by atoms with Gasteiger partial charge in [-0.15, -0.1) is 32.9 Å². The van der Waals surface area contributed by atoms with Crippen LogP contribution in [0.2, 0.25) is 0 Å². The summed E-state index contributed by atoms with van der Waals surface area (Å²) in [5, 5.41) is 16.6. The molecule has 0 spiro atoms. The van der Waals surface area contributed by atoms with Crippen LogP contribution in [0.15, 0.2) is 22.7 Å². The maximum Gasteiger partial charge on any atom is 0.341 e. The van der Waals surface area contributed by atoms with Crippen LogP contribution in [0.5, 0.6) is 0 Å². The minimum absolute atomic E-state index is 0.166. The molecule has 3 aromatic heterocycles. The van der Waals surface area contributed by atoms with Crippen LogP contribution in [0.4, 0.5) is 5.00 Å². The zero-order valence-electron chi connectivity index (χ0n) is 19.8. The van der Waals surface area contributed by atoms with Crippen LogP contribution in [0.1, 0.15) is 63.0 Å². The normalized spacial score (nSPS) is 13.7. The van der Waals surface area contributed by atoms with Gasteiger partial charge >= 0.3 is 5.97 Å². The van der Waals surface area contributed by atoms with Crippen molar-refractivity contribution in [2.24, 2.45) is 7.05 Å². The quantitative estimate of drug-likeness (QED) is 0.315. The number of thioether (sulfide) groups is 1. The number of aromatic nitrogens is 3. The third-order valence-electron chi connectivity index (χ3n) is 5.62. The number of hydrogen-bond acceptors (Lipinski definition) is 9. The van der Waals surface area contributed by atoms with E-state index in [0.29, 0.717) is 26.4 Å². The Morgan fingerprint density at radius 3 is 2.80 bits per heavy atom. The first-order chi connectivity index (χ1) is 16.9. The predicted molar refractivity (Wildman–Crippen MR) is 137 cm³/mol. The van der Waals surface area contributed by atoms with E-state index in [1.807, 2.05) is 11.4 Å². The maximum absolute atomic E-state index is 13.0. The van der Waals surface area contributed by atoms with E-state index in [1.54, 1.807) is 31.5 Å². The zero-order chi connectivity index (χ0) is 24.9. The lowest BCUT2D eigenvalue weighted by Gasteiger charge is -2.13. The summed E-state index contributed by atoms with van der Waals surface area (Å²) >= 11 is 4.10. The summed E-state index contributed by atoms with van der Waals surface area (Å²) in [6.07, 6.45) is 3.85. The molecular formula is C23H27N5O4S3.